The van der Waals surface area contributed by atoms with Crippen LogP contribution in [0.4, 0.5) is 5.69 Å². The normalized spacial score (nSPS) is 10.4. The average Bonchev–Trinajstić information content (AvgIpc) is 2.62. The molecule has 1 aromatic carbocycles. The van der Waals surface area contributed by atoms with Crippen LogP contribution in [0.2, 0.25) is 0 Å². The number of H-pyrrole nitrogens is 2. The zero-order chi connectivity index (χ0) is 10.7. The fraction of sp³-hybridized carbons (Fsp3) is 0.200. The first-order chi connectivity index (χ1) is 7.24. The van der Waals surface area contributed by atoms with E-state index in [0.29, 0.717) is 12.2 Å². The lowest BCUT2D eigenvalue weighted by molar-refractivity contribution is 0.865. The molecule has 5 nitrogen and oxygen atoms in total. The lowest BCUT2D eigenvalue weighted by Crippen LogP contribution is -2.01. The Labute approximate surface area is 86.3 Å². The van der Waals surface area contributed by atoms with Crippen molar-refractivity contribution in [2.75, 3.05) is 5.73 Å². The van der Waals surface area contributed by atoms with Crippen LogP contribution < -0.4 is 11.4 Å². The molecule has 0 amide bonds. The number of aromatic amines is 2. The quantitative estimate of drug-likeness (QED) is 0.635. The molecule has 0 atom stereocenters. The van der Waals surface area contributed by atoms with Gasteiger partial charge in [0.15, 0.2) is 0 Å². The molecule has 0 aliphatic carbocycles. The number of nitrogens with one attached hydrogen (secondary N) is 2. The summed E-state index contributed by atoms with van der Waals surface area (Å²) in [6.07, 6.45) is 1.51. The van der Waals surface area contributed by atoms with Crippen molar-refractivity contribution >= 4 is 5.69 Å². The van der Waals surface area contributed by atoms with Crippen molar-refractivity contribution in [2.45, 2.75) is 12.8 Å². The van der Waals surface area contributed by atoms with E-state index in [1.54, 1.807) is 0 Å². The highest BCUT2D eigenvalue weighted by Gasteiger charge is 1.99. The molecule has 5 heteroatoms. The molecule has 4 N–H and O–H groups in total. The number of nitrogens with two attached hydrogens (primary N) is 1. The van der Waals surface area contributed by atoms with Gasteiger partial charge < -0.3 is 5.73 Å². The van der Waals surface area contributed by atoms with Crippen LogP contribution in [-0.4, -0.2) is 15.2 Å². The Hall–Kier alpha value is -2.04. The number of hydrogen-bond donors (Lipinski definition) is 3. The van der Waals surface area contributed by atoms with Gasteiger partial charge >= 0.3 is 5.69 Å². The third kappa shape index (κ3) is 2.46. The summed E-state index contributed by atoms with van der Waals surface area (Å²) < 4.78 is 0. The number of aryl methyl sites for hydroxylation is 2. The fourth-order valence-electron chi connectivity index (χ4n) is 1.43. The van der Waals surface area contributed by atoms with E-state index in [1.807, 2.05) is 24.3 Å². The Balaban J connectivity index is 2.02. The van der Waals surface area contributed by atoms with E-state index in [4.69, 9.17) is 5.73 Å². The Kier molecular flexibility index (Phi) is 2.53. The molecule has 0 fully saturated rings. The molecule has 1 aromatic heterocycles. The smallest absolute Gasteiger partial charge is 0.340 e. The van der Waals surface area contributed by atoms with Crippen LogP contribution in [0.5, 0.6) is 0 Å². The molecule has 0 radical (unpaired) electrons. The minimum atomic E-state index is -0.266. The van der Waals surface area contributed by atoms with Crippen molar-refractivity contribution in [2.24, 2.45) is 0 Å². The van der Waals surface area contributed by atoms with Gasteiger partial charge in [-0.2, -0.15) is 5.10 Å². The van der Waals surface area contributed by atoms with Gasteiger partial charge in [0, 0.05) is 12.1 Å². The second-order valence-corrected chi connectivity index (χ2v) is 3.37. The molecule has 2 aromatic rings. The molecule has 0 saturated heterocycles. The number of nitrogen functional groups attached to an aromatic ring is 1. The molecular formula is C10H12N4O. The zero-order valence-electron chi connectivity index (χ0n) is 8.16. The van der Waals surface area contributed by atoms with Gasteiger partial charge in [-0.05, 0) is 24.1 Å². The standard InChI is InChI=1S/C10H12N4O/c11-8-3-1-2-7(6-8)4-5-9-12-10(15)14-13-9/h1-3,6H,4-5,11H2,(H2,12,13,14,15). The molecule has 15 heavy (non-hydrogen) atoms. The van der Waals surface area contributed by atoms with Crippen LogP contribution in [0.1, 0.15) is 11.4 Å². The van der Waals surface area contributed by atoms with Crippen LogP contribution >= 0.6 is 0 Å². The Morgan fingerprint density at radius 1 is 1.33 bits per heavy atom. The summed E-state index contributed by atoms with van der Waals surface area (Å²) in [7, 11) is 0. The molecule has 0 unspecified atom stereocenters. The Morgan fingerprint density at radius 3 is 2.87 bits per heavy atom. The first-order valence-corrected chi connectivity index (χ1v) is 4.72. The number of benzene rings is 1. The summed E-state index contributed by atoms with van der Waals surface area (Å²) in [6.45, 7) is 0. The van der Waals surface area contributed by atoms with E-state index in [-0.39, 0.29) is 5.69 Å². The minimum absolute atomic E-state index is 0.266. The van der Waals surface area contributed by atoms with Gasteiger partial charge in [-0.15, -0.1) is 0 Å². The fourth-order valence-corrected chi connectivity index (χ4v) is 1.43. The van der Waals surface area contributed by atoms with Crippen LogP contribution in [0.25, 0.3) is 0 Å². The highest BCUT2D eigenvalue weighted by Crippen LogP contribution is 2.08. The number of anilines is 1. The SMILES string of the molecule is Nc1cccc(CCc2n[nH]c(=O)[nH]2)c1. The lowest BCUT2D eigenvalue weighted by Gasteiger charge is -1.99. The third-order valence-corrected chi connectivity index (χ3v) is 2.15. The molecule has 1 heterocycles. The Morgan fingerprint density at radius 2 is 2.20 bits per heavy atom. The first-order valence-electron chi connectivity index (χ1n) is 4.72. The number of hydrogen-bond acceptors (Lipinski definition) is 3. The predicted molar refractivity (Wildman–Crippen MR) is 57.5 cm³/mol. The van der Waals surface area contributed by atoms with Crippen molar-refractivity contribution in [1.29, 1.82) is 0 Å². The second kappa shape index (κ2) is 4.00. The minimum Gasteiger partial charge on any atom is -0.399 e. The number of nitrogens with zero attached hydrogens (tertiary/aromatic N) is 1. The van der Waals surface area contributed by atoms with Gasteiger partial charge in [-0.1, -0.05) is 12.1 Å². The van der Waals surface area contributed by atoms with Gasteiger partial charge in [0.2, 0.25) is 0 Å². The van der Waals surface area contributed by atoms with E-state index in [2.05, 4.69) is 15.2 Å². The highest BCUT2D eigenvalue weighted by molar-refractivity contribution is 5.40. The molecule has 0 aliphatic heterocycles. The second-order valence-electron chi connectivity index (χ2n) is 3.37. The van der Waals surface area contributed by atoms with E-state index < -0.39 is 0 Å². The van der Waals surface area contributed by atoms with Crippen LogP contribution in [0.15, 0.2) is 29.1 Å². The van der Waals surface area contributed by atoms with E-state index in [1.165, 1.54) is 0 Å². The summed E-state index contributed by atoms with van der Waals surface area (Å²) in [6, 6.07) is 7.68. The number of rotatable bonds is 3. The molecule has 78 valence electrons. The van der Waals surface area contributed by atoms with Gasteiger partial charge in [0.1, 0.15) is 5.82 Å². The van der Waals surface area contributed by atoms with Gasteiger partial charge in [-0.25, -0.2) is 9.89 Å². The summed E-state index contributed by atoms with van der Waals surface area (Å²) >= 11 is 0. The molecule has 0 spiro atoms. The van der Waals surface area contributed by atoms with Crippen molar-refractivity contribution in [1.82, 2.24) is 15.2 Å². The Bertz CT molecular complexity index is 500. The molecule has 0 aliphatic rings. The van der Waals surface area contributed by atoms with Gasteiger partial charge in [0.05, 0.1) is 0 Å². The van der Waals surface area contributed by atoms with Crippen LogP contribution in [-0.2, 0) is 12.8 Å². The first kappa shape index (κ1) is 9.51. The molecule has 0 saturated carbocycles. The molecular weight excluding hydrogens is 192 g/mol. The van der Waals surface area contributed by atoms with E-state index >= 15 is 0 Å². The molecule has 0 bridgehead atoms. The van der Waals surface area contributed by atoms with E-state index in [9.17, 15) is 4.79 Å². The zero-order valence-corrected chi connectivity index (χ0v) is 8.16. The lowest BCUT2D eigenvalue weighted by atomic mass is 10.1. The maximum absolute atomic E-state index is 10.8. The van der Waals surface area contributed by atoms with Crippen LogP contribution in [0.3, 0.4) is 0 Å². The van der Waals surface area contributed by atoms with Crippen molar-refractivity contribution < 1.29 is 0 Å². The maximum Gasteiger partial charge on any atom is 0.340 e. The topological polar surface area (TPSA) is 87.6 Å². The average molecular weight is 204 g/mol. The van der Waals surface area contributed by atoms with E-state index in [0.717, 1.165) is 17.7 Å². The highest BCUT2D eigenvalue weighted by atomic mass is 16.1. The predicted octanol–water partition coefficient (Wildman–Crippen LogP) is 0.465. The van der Waals surface area contributed by atoms with Crippen molar-refractivity contribution in [3.05, 3.63) is 46.1 Å². The third-order valence-electron chi connectivity index (χ3n) is 2.15. The van der Waals surface area contributed by atoms with Gasteiger partial charge in [-0.3, -0.25) is 4.98 Å². The summed E-state index contributed by atoms with van der Waals surface area (Å²) in [4.78, 5) is 13.4. The monoisotopic (exact) mass is 204 g/mol. The van der Waals surface area contributed by atoms with Crippen molar-refractivity contribution in [3.8, 4) is 0 Å². The van der Waals surface area contributed by atoms with Crippen LogP contribution in [0, 0.1) is 0 Å². The van der Waals surface area contributed by atoms with Gasteiger partial charge in [0.25, 0.3) is 0 Å². The summed E-state index contributed by atoms with van der Waals surface area (Å²) in [5.74, 6) is 0.669. The largest absolute Gasteiger partial charge is 0.399 e. The summed E-state index contributed by atoms with van der Waals surface area (Å²) in [5.41, 5.74) is 7.28. The maximum atomic E-state index is 10.8. The summed E-state index contributed by atoms with van der Waals surface area (Å²) in [5, 5.41) is 6.16. The van der Waals surface area contributed by atoms with Crippen molar-refractivity contribution in [3.63, 3.8) is 0 Å². The number of aromatic nitrogens is 3. The molecule has 2 rings (SSSR count).